The third-order valence-electron chi connectivity index (χ3n) is 4.02. The maximum atomic E-state index is 9.23. The van der Waals surface area contributed by atoms with Crippen molar-refractivity contribution in [3.8, 4) is 17.3 Å². The lowest BCUT2D eigenvalue weighted by molar-refractivity contribution is 0.931. The Morgan fingerprint density at radius 1 is 1.14 bits per heavy atom. The maximum Gasteiger partial charge on any atom is 0.190 e. The van der Waals surface area contributed by atoms with E-state index in [4.69, 9.17) is 4.98 Å². The highest BCUT2D eigenvalue weighted by atomic mass is 15.3. The molecule has 3 aromatic rings. The summed E-state index contributed by atoms with van der Waals surface area (Å²) < 4.78 is 0. The first-order valence-electron chi connectivity index (χ1n) is 7.33. The number of aromatic nitrogens is 4. The maximum absolute atomic E-state index is 9.23. The quantitative estimate of drug-likeness (QED) is 0.784. The van der Waals surface area contributed by atoms with Crippen molar-refractivity contribution in [1.29, 1.82) is 5.26 Å². The molecule has 3 heterocycles. The summed E-state index contributed by atoms with van der Waals surface area (Å²) in [4.78, 5) is 7.08. The van der Waals surface area contributed by atoms with E-state index in [2.05, 4.69) is 32.4 Å². The van der Waals surface area contributed by atoms with Crippen molar-refractivity contribution in [2.45, 2.75) is 12.8 Å². The van der Waals surface area contributed by atoms with Crippen molar-refractivity contribution < 1.29 is 0 Å². The van der Waals surface area contributed by atoms with Crippen molar-refractivity contribution in [3.05, 3.63) is 36.0 Å². The molecule has 1 aromatic carbocycles. The van der Waals surface area contributed by atoms with Gasteiger partial charge in [0.2, 0.25) is 0 Å². The molecular weight excluding hydrogens is 276 g/mol. The van der Waals surface area contributed by atoms with E-state index >= 15 is 0 Å². The Bertz CT molecular complexity index is 870. The van der Waals surface area contributed by atoms with E-state index in [-0.39, 0.29) is 0 Å². The molecule has 4 rings (SSSR count). The molecule has 0 aliphatic carbocycles. The molecule has 0 radical (unpaired) electrons. The Morgan fingerprint density at radius 3 is 2.77 bits per heavy atom. The fourth-order valence-electron chi connectivity index (χ4n) is 2.95. The fourth-order valence-corrected chi connectivity index (χ4v) is 2.95. The second kappa shape index (κ2) is 5.11. The lowest BCUT2D eigenvalue weighted by Gasteiger charge is -2.20. The largest absolute Gasteiger partial charge is 0.356 e. The third kappa shape index (κ3) is 1.99. The number of anilines is 1. The van der Waals surface area contributed by atoms with Crippen LogP contribution in [0.1, 0.15) is 18.5 Å². The van der Waals surface area contributed by atoms with Crippen LogP contribution < -0.4 is 4.90 Å². The van der Waals surface area contributed by atoms with Crippen LogP contribution in [0.4, 0.5) is 5.82 Å². The highest BCUT2D eigenvalue weighted by Crippen LogP contribution is 2.33. The highest BCUT2D eigenvalue weighted by molar-refractivity contribution is 5.89. The average Bonchev–Trinajstić information content (AvgIpc) is 3.24. The molecule has 0 spiro atoms. The van der Waals surface area contributed by atoms with E-state index in [9.17, 15) is 5.26 Å². The van der Waals surface area contributed by atoms with Gasteiger partial charge in [-0.05, 0) is 25.0 Å². The number of aromatic amines is 1. The molecule has 0 bridgehead atoms. The zero-order valence-corrected chi connectivity index (χ0v) is 12.0. The molecule has 1 fully saturated rings. The second-order valence-corrected chi connectivity index (χ2v) is 5.38. The van der Waals surface area contributed by atoms with Gasteiger partial charge in [0.05, 0.1) is 5.52 Å². The summed E-state index contributed by atoms with van der Waals surface area (Å²) in [5, 5.41) is 20.9. The van der Waals surface area contributed by atoms with E-state index in [1.165, 1.54) is 0 Å². The number of H-pyrrole nitrogens is 1. The number of nitrogens with zero attached hydrogens (tertiary/aromatic N) is 5. The predicted molar refractivity (Wildman–Crippen MR) is 83.3 cm³/mol. The minimum atomic E-state index is 0.303. The molecule has 1 N–H and O–H groups in total. The van der Waals surface area contributed by atoms with Gasteiger partial charge in [0.15, 0.2) is 5.69 Å². The Labute approximate surface area is 127 Å². The summed E-state index contributed by atoms with van der Waals surface area (Å²) in [6.45, 7) is 1.97. The van der Waals surface area contributed by atoms with Crippen LogP contribution in [0, 0.1) is 11.3 Å². The van der Waals surface area contributed by atoms with Gasteiger partial charge in [0, 0.05) is 24.0 Å². The molecule has 1 aliphatic rings. The van der Waals surface area contributed by atoms with Crippen LogP contribution in [0.15, 0.2) is 30.3 Å². The summed E-state index contributed by atoms with van der Waals surface area (Å²) in [5.74, 6) is 0.890. The van der Waals surface area contributed by atoms with E-state index in [1.807, 2.05) is 24.3 Å². The normalized spacial score (nSPS) is 14.4. The SMILES string of the molecule is N#Cc1n[nH]nc1-c1cc2ccccc2nc1N1CCCC1. The Kier molecular flexibility index (Phi) is 2.97. The molecule has 0 saturated carbocycles. The van der Waals surface area contributed by atoms with E-state index < -0.39 is 0 Å². The number of nitriles is 1. The third-order valence-corrected chi connectivity index (χ3v) is 4.02. The van der Waals surface area contributed by atoms with Crippen LogP contribution in [0.25, 0.3) is 22.2 Å². The van der Waals surface area contributed by atoms with Gasteiger partial charge in [0.1, 0.15) is 17.6 Å². The Hall–Kier alpha value is -2.94. The molecule has 0 atom stereocenters. The van der Waals surface area contributed by atoms with Crippen molar-refractivity contribution in [3.63, 3.8) is 0 Å². The number of hydrogen-bond acceptors (Lipinski definition) is 5. The van der Waals surface area contributed by atoms with Crippen LogP contribution in [0.3, 0.4) is 0 Å². The number of nitrogens with one attached hydrogen (secondary N) is 1. The smallest absolute Gasteiger partial charge is 0.190 e. The summed E-state index contributed by atoms with van der Waals surface area (Å²) in [5.41, 5.74) is 2.70. The van der Waals surface area contributed by atoms with Gasteiger partial charge in [-0.3, -0.25) is 0 Å². The number of fused-ring (bicyclic) bond motifs is 1. The van der Waals surface area contributed by atoms with Crippen molar-refractivity contribution >= 4 is 16.7 Å². The van der Waals surface area contributed by atoms with E-state index in [0.717, 1.165) is 48.2 Å². The number of para-hydroxylation sites is 1. The Morgan fingerprint density at radius 2 is 1.95 bits per heavy atom. The summed E-state index contributed by atoms with van der Waals surface area (Å²) in [6.07, 6.45) is 2.33. The molecule has 2 aromatic heterocycles. The minimum absolute atomic E-state index is 0.303. The first-order valence-corrected chi connectivity index (χ1v) is 7.33. The number of hydrogen-bond donors (Lipinski definition) is 1. The van der Waals surface area contributed by atoms with Crippen molar-refractivity contribution in [2.24, 2.45) is 0 Å². The molecule has 0 amide bonds. The van der Waals surface area contributed by atoms with E-state index in [1.54, 1.807) is 0 Å². The fraction of sp³-hybridized carbons (Fsp3) is 0.250. The first-order chi connectivity index (χ1) is 10.9. The number of benzene rings is 1. The first kappa shape index (κ1) is 12.8. The standard InChI is InChI=1S/C16H14N6/c17-10-14-15(20-21-19-14)12-9-11-5-1-2-6-13(11)18-16(12)22-7-3-4-8-22/h1-2,5-6,9H,3-4,7-8H2,(H,19,20,21). The summed E-state index contributed by atoms with van der Waals surface area (Å²) >= 11 is 0. The van der Waals surface area contributed by atoms with Crippen LogP contribution in [-0.2, 0) is 0 Å². The zero-order chi connectivity index (χ0) is 14.9. The highest BCUT2D eigenvalue weighted by Gasteiger charge is 2.22. The number of pyridine rings is 1. The molecule has 0 unspecified atom stereocenters. The van der Waals surface area contributed by atoms with Crippen LogP contribution in [0.2, 0.25) is 0 Å². The lowest BCUT2D eigenvalue weighted by atomic mass is 10.1. The monoisotopic (exact) mass is 290 g/mol. The minimum Gasteiger partial charge on any atom is -0.356 e. The lowest BCUT2D eigenvalue weighted by Crippen LogP contribution is -2.20. The average molecular weight is 290 g/mol. The molecular formula is C16H14N6. The van der Waals surface area contributed by atoms with Gasteiger partial charge in [-0.2, -0.15) is 15.6 Å². The van der Waals surface area contributed by atoms with Crippen molar-refractivity contribution in [2.75, 3.05) is 18.0 Å². The van der Waals surface area contributed by atoms with Crippen LogP contribution >= 0.6 is 0 Å². The van der Waals surface area contributed by atoms with Gasteiger partial charge in [-0.15, -0.1) is 5.10 Å². The summed E-state index contributed by atoms with van der Waals surface area (Å²) in [6, 6.07) is 12.1. The molecule has 1 aliphatic heterocycles. The zero-order valence-electron chi connectivity index (χ0n) is 12.0. The summed E-state index contributed by atoms with van der Waals surface area (Å²) in [7, 11) is 0. The van der Waals surface area contributed by atoms with Crippen LogP contribution in [0.5, 0.6) is 0 Å². The molecule has 108 valence electrons. The van der Waals surface area contributed by atoms with Gasteiger partial charge in [-0.1, -0.05) is 18.2 Å². The van der Waals surface area contributed by atoms with Crippen LogP contribution in [-0.4, -0.2) is 33.5 Å². The second-order valence-electron chi connectivity index (χ2n) is 5.38. The van der Waals surface area contributed by atoms with Gasteiger partial charge < -0.3 is 4.90 Å². The molecule has 22 heavy (non-hydrogen) atoms. The molecule has 1 saturated heterocycles. The molecule has 6 nitrogen and oxygen atoms in total. The van der Waals surface area contributed by atoms with E-state index in [0.29, 0.717) is 11.4 Å². The molecule has 6 heteroatoms. The van der Waals surface area contributed by atoms with Gasteiger partial charge in [-0.25, -0.2) is 4.98 Å². The Balaban J connectivity index is 1.98. The van der Waals surface area contributed by atoms with Gasteiger partial charge >= 0.3 is 0 Å². The predicted octanol–water partition coefficient (Wildman–Crippen LogP) is 2.49. The topological polar surface area (TPSA) is 81.5 Å². The van der Waals surface area contributed by atoms with Gasteiger partial charge in [0.25, 0.3) is 0 Å². The van der Waals surface area contributed by atoms with Crippen molar-refractivity contribution in [1.82, 2.24) is 20.4 Å². The number of rotatable bonds is 2.